The molecule has 0 spiro atoms. The van der Waals surface area contributed by atoms with Gasteiger partial charge in [0.1, 0.15) is 11.7 Å². The van der Waals surface area contributed by atoms with E-state index in [1.165, 1.54) is 11.3 Å². The van der Waals surface area contributed by atoms with Gasteiger partial charge in [0, 0.05) is 18.0 Å². The molecule has 22 heavy (non-hydrogen) atoms. The zero-order valence-corrected chi connectivity index (χ0v) is 13.0. The highest BCUT2D eigenvalue weighted by Crippen LogP contribution is 2.29. The molecule has 6 heteroatoms. The normalized spacial score (nSPS) is 17.3. The molecule has 0 bridgehead atoms. The third-order valence-corrected chi connectivity index (χ3v) is 4.37. The fourth-order valence-electron chi connectivity index (χ4n) is 2.44. The fraction of sp³-hybridized carbons (Fsp3) is 0.312. The molecule has 1 aliphatic rings. The Morgan fingerprint density at radius 2 is 2.36 bits per heavy atom. The first-order chi connectivity index (χ1) is 10.7. The van der Waals surface area contributed by atoms with E-state index in [9.17, 15) is 9.59 Å². The van der Waals surface area contributed by atoms with Crippen molar-refractivity contribution in [1.82, 2.24) is 4.98 Å². The van der Waals surface area contributed by atoms with Gasteiger partial charge < -0.3 is 10.1 Å². The van der Waals surface area contributed by atoms with Crippen LogP contribution in [-0.2, 0) is 11.2 Å². The lowest BCUT2D eigenvalue weighted by molar-refractivity contribution is -0.118. The number of hydrogen-bond acceptors (Lipinski definition) is 5. The Kier molecular flexibility index (Phi) is 4.20. The number of carbonyl (C=O) groups excluding carboxylic acids is 2. The number of rotatable bonds is 3. The maximum atomic E-state index is 12.6. The Balaban J connectivity index is 1.84. The van der Waals surface area contributed by atoms with Crippen LogP contribution in [0.4, 0.5) is 5.13 Å². The van der Waals surface area contributed by atoms with Crippen LogP contribution in [0.5, 0.6) is 5.75 Å². The van der Waals surface area contributed by atoms with Crippen molar-refractivity contribution in [1.29, 1.82) is 0 Å². The second kappa shape index (κ2) is 6.27. The van der Waals surface area contributed by atoms with Crippen molar-refractivity contribution in [3.8, 4) is 5.75 Å². The maximum absolute atomic E-state index is 12.6. The highest BCUT2D eigenvalue weighted by atomic mass is 32.1. The Morgan fingerprint density at radius 3 is 3.09 bits per heavy atom. The summed E-state index contributed by atoms with van der Waals surface area (Å²) in [5.41, 5.74) is 1.59. The topological polar surface area (TPSA) is 68.3 Å². The molecule has 3 rings (SSSR count). The largest absolute Gasteiger partial charge is 0.493 e. The molecule has 2 heterocycles. The van der Waals surface area contributed by atoms with E-state index in [1.54, 1.807) is 17.6 Å². The summed E-state index contributed by atoms with van der Waals surface area (Å²) in [6, 6.07) is 5.54. The van der Waals surface area contributed by atoms with Crippen molar-refractivity contribution < 1.29 is 14.3 Å². The van der Waals surface area contributed by atoms with Crippen LogP contribution in [-0.4, -0.2) is 23.3 Å². The summed E-state index contributed by atoms with van der Waals surface area (Å²) in [7, 11) is 0. The van der Waals surface area contributed by atoms with E-state index in [-0.39, 0.29) is 11.7 Å². The Labute approximate surface area is 132 Å². The van der Waals surface area contributed by atoms with Crippen LogP contribution >= 0.6 is 11.3 Å². The first-order valence-electron chi connectivity index (χ1n) is 7.19. The average molecular weight is 316 g/mol. The molecule has 1 aromatic heterocycles. The van der Waals surface area contributed by atoms with E-state index < -0.39 is 5.92 Å². The SMILES string of the molecule is CCc1ccc2c(c1)OCCC(C(=O)Nc1nccs1)C2=O. The van der Waals surface area contributed by atoms with Crippen molar-refractivity contribution in [2.45, 2.75) is 19.8 Å². The van der Waals surface area contributed by atoms with Crippen LogP contribution in [0.2, 0.25) is 0 Å². The third-order valence-electron chi connectivity index (χ3n) is 3.68. The van der Waals surface area contributed by atoms with Gasteiger partial charge in [0.05, 0.1) is 12.2 Å². The van der Waals surface area contributed by atoms with E-state index in [1.807, 2.05) is 19.1 Å². The molecular formula is C16H16N2O3S. The minimum atomic E-state index is -0.738. The number of hydrogen-bond donors (Lipinski definition) is 1. The lowest BCUT2D eigenvalue weighted by Gasteiger charge is -2.11. The number of Topliss-reactive ketones (excluding diaryl/α,β-unsaturated/α-hetero) is 1. The minimum Gasteiger partial charge on any atom is -0.493 e. The lowest BCUT2D eigenvalue weighted by Crippen LogP contribution is -2.29. The molecule has 1 N–H and O–H groups in total. The number of anilines is 1. The number of benzene rings is 1. The Hall–Kier alpha value is -2.21. The number of amides is 1. The molecule has 0 saturated carbocycles. The third kappa shape index (κ3) is 2.87. The van der Waals surface area contributed by atoms with Gasteiger partial charge >= 0.3 is 0 Å². The standard InChI is InChI=1S/C16H16N2O3S/c1-2-10-3-4-11-13(9-10)21-7-5-12(14(11)19)15(20)18-16-17-6-8-22-16/h3-4,6,8-9,12H,2,5,7H2,1H3,(H,17,18,20). The van der Waals surface area contributed by atoms with E-state index in [0.29, 0.717) is 29.5 Å². The summed E-state index contributed by atoms with van der Waals surface area (Å²) in [6.45, 7) is 2.40. The second-order valence-electron chi connectivity index (χ2n) is 5.06. The van der Waals surface area contributed by atoms with Gasteiger partial charge in [0.2, 0.25) is 5.91 Å². The van der Waals surface area contributed by atoms with Crippen molar-refractivity contribution in [3.63, 3.8) is 0 Å². The van der Waals surface area contributed by atoms with Gasteiger partial charge in [0.15, 0.2) is 10.9 Å². The summed E-state index contributed by atoms with van der Waals surface area (Å²) in [5.74, 6) is -0.674. The monoisotopic (exact) mass is 316 g/mol. The first kappa shape index (κ1) is 14.7. The maximum Gasteiger partial charge on any atom is 0.237 e. The summed E-state index contributed by atoms with van der Waals surface area (Å²) in [6.07, 6.45) is 2.85. The minimum absolute atomic E-state index is 0.191. The van der Waals surface area contributed by atoms with Crippen LogP contribution in [0.1, 0.15) is 29.3 Å². The molecular weight excluding hydrogens is 300 g/mol. The number of aromatic nitrogens is 1. The van der Waals surface area contributed by atoms with Crippen LogP contribution in [0.3, 0.4) is 0 Å². The number of thiazole rings is 1. The van der Waals surface area contributed by atoms with E-state index in [2.05, 4.69) is 10.3 Å². The number of nitrogens with one attached hydrogen (secondary N) is 1. The van der Waals surface area contributed by atoms with Gasteiger partial charge in [-0.1, -0.05) is 13.0 Å². The highest BCUT2D eigenvalue weighted by Gasteiger charge is 2.32. The number of carbonyl (C=O) groups is 2. The molecule has 0 saturated heterocycles. The highest BCUT2D eigenvalue weighted by molar-refractivity contribution is 7.13. The van der Waals surface area contributed by atoms with Crippen LogP contribution < -0.4 is 10.1 Å². The molecule has 0 aliphatic carbocycles. The molecule has 1 amide bonds. The summed E-state index contributed by atoms with van der Waals surface area (Å²) in [4.78, 5) is 29.0. The summed E-state index contributed by atoms with van der Waals surface area (Å²) < 4.78 is 5.66. The van der Waals surface area contributed by atoms with Gasteiger partial charge in [-0.2, -0.15) is 0 Å². The first-order valence-corrected chi connectivity index (χ1v) is 8.07. The predicted octanol–water partition coefficient (Wildman–Crippen LogP) is 2.93. The second-order valence-corrected chi connectivity index (χ2v) is 5.96. The van der Waals surface area contributed by atoms with E-state index in [0.717, 1.165) is 12.0 Å². The zero-order valence-electron chi connectivity index (χ0n) is 12.2. The molecule has 114 valence electrons. The summed E-state index contributed by atoms with van der Waals surface area (Å²) in [5, 5.41) is 4.97. The molecule has 1 atom stereocenters. The van der Waals surface area contributed by atoms with Crippen LogP contribution in [0.15, 0.2) is 29.8 Å². The van der Waals surface area contributed by atoms with Crippen molar-refractivity contribution in [2.75, 3.05) is 11.9 Å². The molecule has 1 aliphatic heterocycles. The smallest absolute Gasteiger partial charge is 0.237 e. The molecule has 5 nitrogen and oxygen atoms in total. The Bertz CT molecular complexity index is 697. The molecule has 0 radical (unpaired) electrons. The van der Waals surface area contributed by atoms with Gasteiger partial charge in [-0.3, -0.25) is 9.59 Å². The molecule has 1 unspecified atom stereocenters. The fourth-order valence-corrected chi connectivity index (χ4v) is 2.97. The van der Waals surface area contributed by atoms with Gasteiger partial charge in [-0.25, -0.2) is 4.98 Å². The molecule has 2 aromatic rings. The lowest BCUT2D eigenvalue weighted by atomic mass is 9.93. The summed E-state index contributed by atoms with van der Waals surface area (Å²) >= 11 is 1.33. The van der Waals surface area contributed by atoms with Crippen molar-refractivity contribution in [3.05, 3.63) is 40.9 Å². The van der Waals surface area contributed by atoms with Crippen molar-refractivity contribution in [2.24, 2.45) is 5.92 Å². The Morgan fingerprint density at radius 1 is 1.50 bits per heavy atom. The average Bonchev–Trinajstić information content (AvgIpc) is 2.97. The molecule has 1 aromatic carbocycles. The quantitative estimate of drug-likeness (QED) is 0.884. The number of ketones is 1. The van der Waals surface area contributed by atoms with Gasteiger partial charge in [0.25, 0.3) is 0 Å². The number of nitrogens with zero attached hydrogens (tertiary/aromatic N) is 1. The number of ether oxygens (including phenoxy) is 1. The number of aryl methyl sites for hydroxylation is 1. The van der Waals surface area contributed by atoms with Gasteiger partial charge in [-0.15, -0.1) is 11.3 Å². The predicted molar refractivity (Wildman–Crippen MR) is 84.5 cm³/mol. The van der Waals surface area contributed by atoms with Crippen LogP contribution in [0.25, 0.3) is 0 Å². The van der Waals surface area contributed by atoms with E-state index >= 15 is 0 Å². The zero-order chi connectivity index (χ0) is 15.5. The number of fused-ring (bicyclic) bond motifs is 1. The van der Waals surface area contributed by atoms with E-state index in [4.69, 9.17) is 4.74 Å². The molecule has 0 fully saturated rings. The van der Waals surface area contributed by atoms with Gasteiger partial charge in [-0.05, 0) is 24.1 Å². The van der Waals surface area contributed by atoms with Crippen molar-refractivity contribution >= 4 is 28.2 Å². The van der Waals surface area contributed by atoms with Crippen LogP contribution in [0, 0.1) is 5.92 Å².